The van der Waals surface area contributed by atoms with Crippen LogP contribution in [0.15, 0.2) is 0 Å². The molecule has 2 atom stereocenters. The highest BCUT2D eigenvalue weighted by Crippen LogP contribution is 2.32. The number of carbonyl (C=O) groups excluding carboxylic acids is 1. The molecule has 0 spiro atoms. The van der Waals surface area contributed by atoms with Crippen molar-refractivity contribution < 1.29 is 4.79 Å². The van der Waals surface area contributed by atoms with Crippen molar-refractivity contribution in [2.45, 2.75) is 71.3 Å². The van der Waals surface area contributed by atoms with Crippen LogP contribution in [0.3, 0.4) is 0 Å². The van der Waals surface area contributed by atoms with Gasteiger partial charge in [0.15, 0.2) is 0 Å². The minimum absolute atomic E-state index is 0. The van der Waals surface area contributed by atoms with Gasteiger partial charge in [-0.05, 0) is 76.3 Å². The Kier molecular flexibility index (Phi) is 7.49. The summed E-state index contributed by atoms with van der Waals surface area (Å²) in [5, 5.41) is 6.78. The van der Waals surface area contributed by atoms with E-state index in [0.29, 0.717) is 18.3 Å². The van der Waals surface area contributed by atoms with Crippen LogP contribution in [0.1, 0.15) is 65.7 Å². The van der Waals surface area contributed by atoms with Crippen molar-refractivity contribution in [3.8, 4) is 0 Å². The molecule has 1 aliphatic heterocycles. The molecule has 0 aromatic rings. The smallest absolute Gasteiger partial charge is 0.220 e. The predicted octanol–water partition coefficient (Wildman–Crippen LogP) is 3.52. The van der Waals surface area contributed by atoms with Gasteiger partial charge in [0.05, 0.1) is 0 Å². The number of nitrogens with one attached hydrogen (secondary N) is 2. The monoisotopic (exact) mass is 316 g/mol. The topological polar surface area (TPSA) is 41.1 Å². The Morgan fingerprint density at radius 2 is 2.00 bits per heavy atom. The van der Waals surface area contributed by atoms with Crippen molar-refractivity contribution in [3.05, 3.63) is 0 Å². The molecule has 2 aliphatic rings. The van der Waals surface area contributed by atoms with Crippen LogP contribution in [0.5, 0.6) is 0 Å². The molecule has 1 saturated heterocycles. The molecule has 0 radical (unpaired) electrons. The Morgan fingerprint density at radius 3 is 2.57 bits per heavy atom. The predicted molar refractivity (Wildman–Crippen MR) is 90.8 cm³/mol. The van der Waals surface area contributed by atoms with Crippen molar-refractivity contribution >= 4 is 18.3 Å². The van der Waals surface area contributed by atoms with Crippen molar-refractivity contribution in [1.29, 1.82) is 0 Å². The van der Waals surface area contributed by atoms with Crippen LogP contribution in [-0.4, -0.2) is 24.5 Å². The second kappa shape index (κ2) is 8.38. The molecular weight excluding hydrogens is 284 g/mol. The largest absolute Gasteiger partial charge is 0.351 e. The van der Waals surface area contributed by atoms with E-state index >= 15 is 0 Å². The Hall–Kier alpha value is -0.280. The zero-order chi connectivity index (χ0) is 14.6. The summed E-state index contributed by atoms with van der Waals surface area (Å²) in [6, 6.07) is 0. The summed E-state index contributed by atoms with van der Waals surface area (Å²) in [5.74, 6) is 2.26. The second-order valence-corrected chi connectivity index (χ2v) is 7.58. The normalized spacial score (nSPS) is 34.6. The molecular formula is C17H33ClN2O. The molecule has 2 fully saturated rings. The Morgan fingerprint density at radius 1 is 1.33 bits per heavy atom. The maximum atomic E-state index is 12.3. The average Bonchev–Trinajstić information content (AvgIpc) is 2.43. The highest BCUT2D eigenvalue weighted by Gasteiger charge is 2.31. The van der Waals surface area contributed by atoms with Gasteiger partial charge < -0.3 is 10.6 Å². The zero-order valence-electron chi connectivity index (χ0n) is 13.9. The Bertz CT molecular complexity index is 321. The first-order chi connectivity index (χ1) is 9.48. The SMILES string of the molecule is CC1CCC(C)(NC(=O)CC(C)C2CCCNC2)CC1.Cl. The van der Waals surface area contributed by atoms with Crippen LogP contribution in [0.25, 0.3) is 0 Å². The quantitative estimate of drug-likeness (QED) is 0.833. The fourth-order valence-electron chi connectivity index (χ4n) is 3.74. The Labute approximate surface area is 136 Å². The van der Waals surface area contributed by atoms with E-state index in [1.165, 1.54) is 25.7 Å². The first-order valence-electron chi connectivity index (χ1n) is 8.50. The van der Waals surface area contributed by atoms with Crippen LogP contribution in [-0.2, 0) is 4.79 Å². The minimum Gasteiger partial charge on any atom is -0.351 e. The van der Waals surface area contributed by atoms with Crippen molar-refractivity contribution in [1.82, 2.24) is 10.6 Å². The molecule has 2 unspecified atom stereocenters. The summed E-state index contributed by atoms with van der Waals surface area (Å²) >= 11 is 0. The second-order valence-electron chi connectivity index (χ2n) is 7.58. The van der Waals surface area contributed by atoms with Crippen LogP contribution in [0.4, 0.5) is 0 Å². The summed E-state index contributed by atoms with van der Waals surface area (Å²) in [5.41, 5.74) is 0.0497. The molecule has 1 aliphatic carbocycles. The highest BCUT2D eigenvalue weighted by molar-refractivity contribution is 5.85. The number of amides is 1. The van der Waals surface area contributed by atoms with Crippen LogP contribution < -0.4 is 10.6 Å². The van der Waals surface area contributed by atoms with Crippen LogP contribution in [0.2, 0.25) is 0 Å². The van der Waals surface area contributed by atoms with Gasteiger partial charge in [-0.15, -0.1) is 12.4 Å². The molecule has 0 bridgehead atoms. The van der Waals surface area contributed by atoms with Crippen molar-refractivity contribution in [2.24, 2.45) is 17.8 Å². The molecule has 3 nitrogen and oxygen atoms in total. The molecule has 1 heterocycles. The third-order valence-corrected chi connectivity index (χ3v) is 5.47. The van der Waals surface area contributed by atoms with Gasteiger partial charge in [0.2, 0.25) is 5.91 Å². The van der Waals surface area contributed by atoms with Gasteiger partial charge in [0, 0.05) is 12.0 Å². The van der Waals surface area contributed by atoms with Gasteiger partial charge in [0.25, 0.3) is 0 Å². The standard InChI is InChI=1S/C17H32N2O.ClH/c1-13-6-8-17(3,9-7-13)19-16(20)11-14(2)15-5-4-10-18-12-15;/h13-15,18H,4-12H2,1-3H3,(H,19,20);1H. The van der Waals surface area contributed by atoms with E-state index < -0.39 is 0 Å². The third-order valence-electron chi connectivity index (χ3n) is 5.47. The number of hydrogen-bond acceptors (Lipinski definition) is 2. The molecule has 4 heteroatoms. The molecule has 1 saturated carbocycles. The van der Waals surface area contributed by atoms with Gasteiger partial charge in [-0.1, -0.05) is 13.8 Å². The Balaban J connectivity index is 0.00000220. The number of rotatable bonds is 4. The minimum atomic E-state index is 0. The maximum Gasteiger partial charge on any atom is 0.220 e. The average molecular weight is 317 g/mol. The molecule has 124 valence electrons. The van der Waals surface area contributed by atoms with Gasteiger partial charge in [-0.3, -0.25) is 4.79 Å². The lowest BCUT2D eigenvalue weighted by atomic mass is 9.78. The van der Waals surface area contributed by atoms with Crippen LogP contribution >= 0.6 is 12.4 Å². The molecule has 0 aromatic carbocycles. The van der Waals surface area contributed by atoms with E-state index in [1.54, 1.807) is 0 Å². The van der Waals surface area contributed by atoms with E-state index in [-0.39, 0.29) is 23.9 Å². The van der Waals surface area contributed by atoms with Crippen LogP contribution in [0, 0.1) is 17.8 Å². The lowest BCUT2D eigenvalue weighted by Gasteiger charge is -2.37. The highest BCUT2D eigenvalue weighted by atomic mass is 35.5. The molecule has 2 rings (SSSR count). The summed E-state index contributed by atoms with van der Waals surface area (Å²) in [6.07, 6.45) is 8.00. The fraction of sp³-hybridized carbons (Fsp3) is 0.941. The zero-order valence-corrected chi connectivity index (χ0v) is 14.7. The van der Waals surface area contributed by atoms with E-state index in [0.717, 1.165) is 31.8 Å². The van der Waals surface area contributed by atoms with Gasteiger partial charge >= 0.3 is 0 Å². The van der Waals surface area contributed by atoms with E-state index in [1.807, 2.05) is 0 Å². The van der Waals surface area contributed by atoms with E-state index in [9.17, 15) is 4.79 Å². The molecule has 2 N–H and O–H groups in total. The van der Waals surface area contributed by atoms with Gasteiger partial charge in [0.1, 0.15) is 0 Å². The molecule has 0 aromatic heterocycles. The molecule has 1 amide bonds. The summed E-state index contributed by atoms with van der Waals surface area (Å²) in [4.78, 5) is 12.3. The molecule has 21 heavy (non-hydrogen) atoms. The third kappa shape index (κ3) is 5.78. The summed E-state index contributed by atoms with van der Waals surface area (Å²) in [6.45, 7) is 9.01. The summed E-state index contributed by atoms with van der Waals surface area (Å²) < 4.78 is 0. The lowest BCUT2D eigenvalue weighted by Crippen LogP contribution is -2.48. The number of hydrogen-bond donors (Lipinski definition) is 2. The van der Waals surface area contributed by atoms with Crippen molar-refractivity contribution in [2.75, 3.05) is 13.1 Å². The van der Waals surface area contributed by atoms with Gasteiger partial charge in [-0.25, -0.2) is 0 Å². The first kappa shape index (κ1) is 18.8. The first-order valence-corrected chi connectivity index (χ1v) is 8.50. The number of halogens is 1. The van der Waals surface area contributed by atoms with E-state index in [4.69, 9.17) is 0 Å². The number of carbonyl (C=O) groups is 1. The lowest BCUT2D eigenvalue weighted by molar-refractivity contribution is -0.124. The van der Waals surface area contributed by atoms with E-state index in [2.05, 4.69) is 31.4 Å². The van der Waals surface area contributed by atoms with Gasteiger partial charge in [-0.2, -0.15) is 0 Å². The maximum absolute atomic E-state index is 12.3. The fourth-order valence-corrected chi connectivity index (χ4v) is 3.74. The van der Waals surface area contributed by atoms with Crippen molar-refractivity contribution in [3.63, 3.8) is 0 Å². The number of piperidine rings is 1. The summed E-state index contributed by atoms with van der Waals surface area (Å²) in [7, 11) is 0.